The van der Waals surface area contributed by atoms with Crippen molar-refractivity contribution in [2.75, 3.05) is 49.3 Å². The van der Waals surface area contributed by atoms with Crippen LogP contribution >= 0.6 is 0 Å². The van der Waals surface area contributed by atoms with Gasteiger partial charge in [0.05, 0.1) is 31.9 Å². The molecule has 9 nitrogen and oxygen atoms in total. The average Bonchev–Trinajstić information content (AvgIpc) is 3.20. The fourth-order valence-corrected chi connectivity index (χ4v) is 4.25. The molecule has 0 spiro atoms. The first kappa shape index (κ1) is 22.8. The average molecular weight is 482 g/mol. The second-order valence-electron chi connectivity index (χ2n) is 8.09. The monoisotopic (exact) mass is 481 g/mol. The Morgan fingerprint density at radius 2 is 1.69 bits per heavy atom. The van der Waals surface area contributed by atoms with Gasteiger partial charge in [-0.15, -0.1) is 0 Å². The topological polar surface area (TPSA) is 117 Å². The van der Waals surface area contributed by atoms with E-state index in [0.29, 0.717) is 55.2 Å². The molecule has 0 unspecified atom stereocenters. The van der Waals surface area contributed by atoms with Crippen LogP contribution in [0, 0.1) is 11.6 Å². The van der Waals surface area contributed by atoms with Crippen molar-refractivity contribution in [2.24, 2.45) is 0 Å². The van der Waals surface area contributed by atoms with Crippen LogP contribution in [0.1, 0.15) is 12.5 Å². The summed E-state index contributed by atoms with van der Waals surface area (Å²) in [6, 6.07) is 9.65. The van der Waals surface area contributed by atoms with Gasteiger partial charge in [0.1, 0.15) is 28.8 Å². The Morgan fingerprint density at radius 3 is 2.34 bits per heavy atom. The van der Waals surface area contributed by atoms with E-state index in [1.807, 2.05) is 29.2 Å². The Labute approximate surface area is 200 Å². The standard InChI is InChI=1S/C24H25F2N7O2/c1-2-35-14-11-17(25)16(18(26)12-14)13-33-19-6-4-3-5-15(19)20(31-33)24-29-22(27)21(23(28)30-24)32-7-9-34-10-8-32/h3-6,11-12H,2,7-10,13H2,1H3,(H4,27,28,29,30). The van der Waals surface area contributed by atoms with Crippen LogP contribution in [0.2, 0.25) is 0 Å². The highest BCUT2D eigenvalue weighted by Crippen LogP contribution is 2.33. The largest absolute Gasteiger partial charge is 0.494 e. The van der Waals surface area contributed by atoms with Crippen LogP contribution in [-0.4, -0.2) is 52.7 Å². The fourth-order valence-electron chi connectivity index (χ4n) is 4.25. The first-order chi connectivity index (χ1) is 17.0. The molecule has 35 heavy (non-hydrogen) atoms. The Kier molecular flexibility index (Phi) is 6.08. The van der Waals surface area contributed by atoms with E-state index in [1.54, 1.807) is 6.92 Å². The van der Waals surface area contributed by atoms with E-state index in [0.717, 1.165) is 0 Å². The molecule has 3 heterocycles. The molecule has 4 N–H and O–H groups in total. The summed E-state index contributed by atoms with van der Waals surface area (Å²) in [6.07, 6.45) is 0. The lowest BCUT2D eigenvalue weighted by atomic mass is 10.1. The lowest BCUT2D eigenvalue weighted by Crippen LogP contribution is -2.37. The van der Waals surface area contributed by atoms with Crippen molar-refractivity contribution in [1.29, 1.82) is 0 Å². The highest BCUT2D eigenvalue weighted by atomic mass is 19.1. The molecule has 0 amide bonds. The van der Waals surface area contributed by atoms with E-state index in [-0.39, 0.29) is 35.3 Å². The van der Waals surface area contributed by atoms with Crippen LogP contribution in [0.15, 0.2) is 36.4 Å². The maximum Gasteiger partial charge on any atom is 0.184 e. The van der Waals surface area contributed by atoms with E-state index in [9.17, 15) is 8.78 Å². The van der Waals surface area contributed by atoms with E-state index in [2.05, 4.69) is 15.1 Å². The first-order valence-electron chi connectivity index (χ1n) is 11.3. The Bertz CT molecular complexity index is 1340. The van der Waals surface area contributed by atoms with E-state index in [1.165, 1.54) is 16.8 Å². The zero-order valence-electron chi connectivity index (χ0n) is 19.2. The van der Waals surface area contributed by atoms with Crippen molar-refractivity contribution >= 4 is 28.2 Å². The number of morpholine rings is 1. The minimum Gasteiger partial charge on any atom is -0.494 e. The van der Waals surface area contributed by atoms with Crippen molar-refractivity contribution < 1.29 is 18.3 Å². The number of halogens is 2. The van der Waals surface area contributed by atoms with Gasteiger partial charge in [-0.3, -0.25) is 4.68 Å². The molecule has 1 aliphatic rings. The fraction of sp³-hybridized carbons (Fsp3) is 0.292. The van der Waals surface area contributed by atoms with Crippen LogP contribution in [0.25, 0.3) is 22.4 Å². The highest BCUT2D eigenvalue weighted by Gasteiger charge is 2.23. The molecule has 5 rings (SSSR count). The smallest absolute Gasteiger partial charge is 0.184 e. The molecule has 11 heteroatoms. The number of anilines is 3. The predicted octanol–water partition coefficient (Wildman–Crippen LogP) is 3.22. The third-order valence-electron chi connectivity index (χ3n) is 5.87. The molecule has 0 saturated carbocycles. The highest BCUT2D eigenvalue weighted by molar-refractivity contribution is 5.92. The third-order valence-corrected chi connectivity index (χ3v) is 5.87. The zero-order valence-corrected chi connectivity index (χ0v) is 19.2. The quantitative estimate of drug-likeness (QED) is 0.431. The minimum atomic E-state index is -0.714. The van der Waals surface area contributed by atoms with Crippen molar-refractivity contribution in [3.05, 3.63) is 53.6 Å². The molecular weight excluding hydrogens is 456 g/mol. The lowest BCUT2D eigenvalue weighted by Gasteiger charge is -2.29. The molecule has 0 aliphatic carbocycles. The molecule has 1 saturated heterocycles. The molecule has 2 aromatic carbocycles. The lowest BCUT2D eigenvalue weighted by molar-refractivity contribution is 0.123. The molecule has 4 aromatic rings. The second kappa shape index (κ2) is 9.34. The van der Waals surface area contributed by atoms with Crippen LogP contribution in [0.5, 0.6) is 5.75 Å². The van der Waals surface area contributed by atoms with Crippen LogP contribution in [0.3, 0.4) is 0 Å². The summed E-state index contributed by atoms with van der Waals surface area (Å²) in [4.78, 5) is 11.0. The predicted molar refractivity (Wildman–Crippen MR) is 129 cm³/mol. The summed E-state index contributed by atoms with van der Waals surface area (Å²) in [5.74, 6) is -0.590. The van der Waals surface area contributed by atoms with Gasteiger partial charge in [-0.25, -0.2) is 18.7 Å². The number of para-hydroxylation sites is 1. The Morgan fingerprint density at radius 1 is 1.03 bits per heavy atom. The van der Waals surface area contributed by atoms with Gasteiger partial charge in [0.2, 0.25) is 0 Å². The summed E-state index contributed by atoms with van der Waals surface area (Å²) in [5.41, 5.74) is 14.1. The van der Waals surface area contributed by atoms with Crippen molar-refractivity contribution in [1.82, 2.24) is 19.7 Å². The summed E-state index contributed by atoms with van der Waals surface area (Å²) >= 11 is 0. The van der Waals surface area contributed by atoms with Gasteiger partial charge in [-0.1, -0.05) is 18.2 Å². The Hall–Kier alpha value is -3.99. The van der Waals surface area contributed by atoms with E-state index in [4.69, 9.17) is 20.9 Å². The molecule has 1 aliphatic heterocycles. The van der Waals surface area contributed by atoms with E-state index >= 15 is 0 Å². The number of nitrogen functional groups attached to an aromatic ring is 2. The number of nitrogens with zero attached hydrogens (tertiary/aromatic N) is 5. The number of nitrogens with two attached hydrogens (primary N) is 2. The maximum absolute atomic E-state index is 14.7. The molecule has 0 bridgehead atoms. The number of rotatable bonds is 6. The summed E-state index contributed by atoms with van der Waals surface area (Å²) in [6.45, 7) is 4.31. The third kappa shape index (κ3) is 4.30. The summed E-state index contributed by atoms with van der Waals surface area (Å²) in [5, 5.41) is 5.31. The van der Waals surface area contributed by atoms with Gasteiger partial charge < -0.3 is 25.8 Å². The molecule has 1 fully saturated rings. The summed E-state index contributed by atoms with van der Waals surface area (Å²) < 4.78 is 41.6. The van der Waals surface area contributed by atoms with Crippen molar-refractivity contribution in [3.63, 3.8) is 0 Å². The molecule has 0 radical (unpaired) electrons. The number of aromatic nitrogens is 4. The van der Waals surface area contributed by atoms with Crippen LogP contribution < -0.4 is 21.1 Å². The van der Waals surface area contributed by atoms with Gasteiger partial charge in [0.25, 0.3) is 0 Å². The number of fused-ring (bicyclic) bond motifs is 1. The van der Waals surface area contributed by atoms with Gasteiger partial charge >= 0.3 is 0 Å². The Balaban J connectivity index is 1.55. The van der Waals surface area contributed by atoms with E-state index < -0.39 is 11.6 Å². The summed E-state index contributed by atoms with van der Waals surface area (Å²) in [7, 11) is 0. The van der Waals surface area contributed by atoms with Crippen molar-refractivity contribution in [2.45, 2.75) is 13.5 Å². The van der Waals surface area contributed by atoms with Gasteiger partial charge in [-0.05, 0) is 13.0 Å². The van der Waals surface area contributed by atoms with Crippen LogP contribution in [0.4, 0.5) is 26.1 Å². The normalized spacial score (nSPS) is 14.0. The van der Waals surface area contributed by atoms with Gasteiger partial charge in [0, 0.05) is 36.2 Å². The maximum atomic E-state index is 14.7. The molecule has 2 aromatic heterocycles. The van der Waals surface area contributed by atoms with Gasteiger partial charge in [-0.2, -0.15) is 5.10 Å². The first-order valence-corrected chi connectivity index (χ1v) is 11.3. The number of hydrogen-bond acceptors (Lipinski definition) is 8. The van der Waals surface area contributed by atoms with Crippen LogP contribution in [-0.2, 0) is 11.3 Å². The molecule has 182 valence electrons. The molecule has 0 atom stereocenters. The SMILES string of the molecule is CCOc1cc(F)c(Cn2nc(-c3nc(N)c(N4CCOCC4)c(N)n3)c3ccccc32)c(F)c1. The minimum absolute atomic E-state index is 0.129. The number of benzene rings is 2. The number of ether oxygens (including phenoxy) is 2. The number of hydrogen-bond donors (Lipinski definition) is 2. The van der Waals surface area contributed by atoms with Crippen molar-refractivity contribution in [3.8, 4) is 17.3 Å². The second-order valence-corrected chi connectivity index (χ2v) is 8.09. The zero-order chi connectivity index (χ0) is 24.5. The molecular formula is C24H25F2N7O2. The van der Waals surface area contributed by atoms with Gasteiger partial charge in [0.15, 0.2) is 17.5 Å².